The minimum Gasteiger partial charge on any atom is -0.458 e. The lowest BCUT2D eigenvalue weighted by Gasteiger charge is -2.73. The number of anilines is 1. The van der Waals surface area contributed by atoms with Gasteiger partial charge in [-0.05, 0) is 104 Å². The number of hydrogen-bond donors (Lipinski definition) is 4. The van der Waals surface area contributed by atoms with Gasteiger partial charge in [0.15, 0.2) is 0 Å². The highest BCUT2D eigenvalue weighted by Crippen LogP contribution is 2.76. The molecule has 13 atom stereocenters. The minimum absolute atomic E-state index is 0.0607. The number of hydrogen-bond acceptors (Lipinski definition) is 8. The van der Waals surface area contributed by atoms with E-state index in [0.29, 0.717) is 37.7 Å². The minimum atomic E-state index is -1.01. The third kappa shape index (κ3) is 4.37. The Morgan fingerprint density at radius 1 is 0.957 bits per heavy atom. The molecule has 1 unspecified atom stereocenters. The van der Waals surface area contributed by atoms with Crippen LogP contribution >= 0.6 is 0 Å². The first-order valence-corrected chi connectivity index (χ1v) is 17.4. The van der Waals surface area contributed by atoms with E-state index < -0.39 is 45.9 Å². The zero-order chi connectivity index (χ0) is 33.7. The summed E-state index contributed by atoms with van der Waals surface area (Å²) in [7, 11) is 1.78. The number of benzene rings is 1. The van der Waals surface area contributed by atoms with Crippen LogP contribution in [0.4, 0.5) is 5.69 Å². The van der Waals surface area contributed by atoms with Gasteiger partial charge in [0.2, 0.25) is 0 Å². The molecule has 8 nitrogen and oxygen atoms in total. The summed E-state index contributed by atoms with van der Waals surface area (Å²) in [5.74, 6) is -0.718. The van der Waals surface area contributed by atoms with Gasteiger partial charge in [0.1, 0.15) is 18.2 Å². The number of fused-ring (bicyclic) bond motifs is 7. The lowest BCUT2D eigenvalue weighted by atomic mass is 9.31. The molecule has 0 saturated heterocycles. The van der Waals surface area contributed by atoms with E-state index in [2.05, 4.69) is 26.1 Å². The first kappa shape index (κ1) is 33.6. The van der Waals surface area contributed by atoms with Crippen molar-refractivity contribution in [1.82, 2.24) is 0 Å². The Kier molecular flexibility index (Phi) is 7.93. The number of carbonyl (C=O) groups is 3. The molecule has 5 fully saturated rings. The molecule has 0 aromatic heterocycles. The summed E-state index contributed by atoms with van der Waals surface area (Å²) >= 11 is 0. The summed E-state index contributed by atoms with van der Waals surface area (Å²) in [6, 6.07) is 7.05. The van der Waals surface area contributed by atoms with Crippen molar-refractivity contribution in [3.05, 3.63) is 29.8 Å². The van der Waals surface area contributed by atoms with Crippen LogP contribution in [-0.4, -0.2) is 65.3 Å². The van der Waals surface area contributed by atoms with Crippen LogP contribution in [0, 0.1) is 56.2 Å². The van der Waals surface area contributed by atoms with Crippen LogP contribution in [0.3, 0.4) is 0 Å². The fourth-order valence-electron chi connectivity index (χ4n) is 12.2. The molecule has 5 saturated carbocycles. The molecule has 5 aliphatic rings. The third-order valence-corrected chi connectivity index (χ3v) is 15.5. The molecule has 0 radical (unpaired) electrons. The first-order chi connectivity index (χ1) is 21.5. The van der Waals surface area contributed by atoms with E-state index in [0.717, 1.165) is 31.2 Å². The second-order valence-corrected chi connectivity index (χ2v) is 17.4. The van der Waals surface area contributed by atoms with Gasteiger partial charge in [0.05, 0.1) is 29.8 Å². The van der Waals surface area contributed by atoms with Crippen molar-refractivity contribution in [2.45, 2.75) is 111 Å². The highest BCUT2D eigenvalue weighted by molar-refractivity contribution is 5.91. The summed E-state index contributed by atoms with van der Waals surface area (Å²) in [4.78, 5) is 41.0. The van der Waals surface area contributed by atoms with Crippen LogP contribution in [0.5, 0.6) is 0 Å². The molecule has 1 aromatic carbocycles. The quantitative estimate of drug-likeness (QED) is 0.248. The molecule has 1 aromatic rings. The second-order valence-electron chi connectivity index (χ2n) is 17.4. The molecule has 0 amide bonds. The molecule has 254 valence electrons. The topological polar surface area (TPSA) is 133 Å². The van der Waals surface area contributed by atoms with Gasteiger partial charge in [-0.2, -0.15) is 0 Å². The van der Waals surface area contributed by atoms with E-state index in [9.17, 15) is 29.7 Å². The van der Waals surface area contributed by atoms with Crippen LogP contribution in [0.15, 0.2) is 24.3 Å². The smallest absolute Gasteiger partial charge is 0.338 e. The van der Waals surface area contributed by atoms with Gasteiger partial charge in [0.25, 0.3) is 0 Å². The van der Waals surface area contributed by atoms with Gasteiger partial charge in [-0.25, -0.2) is 4.79 Å². The van der Waals surface area contributed by atoms with Gasteiger partial charge in [-0.1, -0.05) is 40.7 Å². The normalized spacial score (nSPS) is 49.9. The van der Waals surface area contributed by atoms with E-state index in [-0.39, 0.29) is 46.9 Å². The number of ether oxygens (including phenoxy) is 1. The average Bonchev–Trinajstić information content (AvgIpc) is 3.02. The number of Topliss-reactive ketones (excluding diaryl/α,β-unsaturated/α-hetero) is 1. The maximum absolute atomic E-state index is 14.7. The predicted octanol–water partition coefficient (Wildman–Crippen LogP) is 5.43. The Morgan fingerprint density at radius 3 is 2.33 bits per heavy atom. The summed E-state index contributed by atoms with van der Waals surface area (Å²) in [6.45, 7) is 12.6. The van der Waals surface area contributed by atoms with Crippen LogP contribution in [-0.2, 0) is 14.3 Å². The molecule has 4 N–H and O–H groups in total. The maximum Gasteiger partial charge on any atom is 0.338 e. The number of aldehydes is 1. The van der Waals surface area contributed by atoms with Crippen molar-refractivity contribution < 1.29 is 34.4 Å². The monoisotopic (exact) mass is 637 g/mol. The Bertz CT molecular complexity index is 1410. The average molecular weight is 638 g/mol. The molecule has 0 bridgehead atoms. The standard InChI is InChI=1S/C38H55NO7/c1-33(20-40)17-24-31-25(42)16-27-34(2)13-12-28(43)36(4,21-41)26(34)11-14-37(27,5)38(31,6)18-29(44)35(24,3)19-30(33)46-32(45)22-9-8-10-23(15-22)39-7/h8-10,15,20,24,26-31,39,41,43-44H,11-14,16-19,21H2,1-7H3/t24-,26-,27?,28+,29-,30-,31-,33-,34-,35-,36-,37+,38+/m0/s1. The number of nitrogens with one attached hydrogen (secondary N) is 1. The van der Waals surface area contributed by atoms with Crippen molar-refractivity contribution in [3.63, 3.8) is 0 Å². The van der Waals surface area contributed by atoms with Gasteiger partial charge in [0, 0.05) is 35.9 Å². The van der Waals surface area contributed by atoms with Crippen molar-refractivity contribution in [2.75, 3.05) is 19.0 Å². The van der Waals surface area contributed by atoms with Gasteiger partial charge in [-0.3, -0.25) is 4.79 Å². The summed E-state index contributed by atoms with van der Waals surface area (Å²) in [6.07, 6.45) is 3.53. The van der Waals surface area contributed by atoms with E-state index in [1.807, 2.05) is 26.8 Å². The Morgan fingerprint density at radius 2 is 1.67 bits per heavy atom. The third-order valence-electron chi connectivity index (χ3n) is 15.5. The van der Waals surface area contributed by atoms with E-state index in [4.69, 9.17) is 4.74 Å². The molecular formula is C38H55NO7. The highest BCUT2D eigenvalue weighted by Gasteiger charge is 2.74. The lowest BCUT2D eigenvalue weighted by molar-refractivity contribution is -0.269. The fourth-order valence-corrected chi connectivity index (χ4v) is 12.2. The molecule has 5 aliphatic carbocycles. The van der Waals surface area contributed by atoms with Crippen molar-refractivity contribution in [2.24, 2.45) is 56.2 Å². The summed E-state index contributed by atoms with van der Waals surface area (Å²) < 4.78 is 6.12. The van der Waals surface area contributed by atoms with Crippen LogP contribution < -0.4 is 5.32 Å². The number of aliphatic hydroxyl groups is 3. The molecule has 0 spiro atoms. The summed E-state index contributed by atoms with van der Waals surface area (Å²) in [5, 5.41) is 36.8. The largest absolute Gasteiger partial charge is 0.458 e. The Balaban J connectivity index is 1.35. The molecule has 0 heterocycles. The molecular weight excluding hydrogens is 582 g/mol. The lowest BCUT2D eigenvalue weighted by Crippen LogP contribution is -2.72. The number of carbonyl (C=O) groups excluding carboxylic acids is 3. The highest BCUT2D eigenvalue weighted by atomic mass is 16.5. The molecule has 46 heavy (non-hydrogen) atoms. The number of rotatable bonds is 5. The zero-order valence-corrected chi connectivity index (χ0v) is 28.8. The Hall–Kier alpha value is -2.29. The first-order valence-electron chi connectivity index (χ1n) is 17.4. The van der Waals surface area contributed by atoms with Crippen molar-refractivity contribution in [1.29, 1.82) is 0 Å². The molecule has 6 rings (SSSR count). The van der Waals surface area contributed by atoms with E-state index in [1.165, 1.54) is 0 Å². The van der Waals surface area contributed by atoms with Crippen molar-refractivity contribution >= 4 is 23.7 Å². The summed E-state index contributed by atoms with van der Waals surface area (Å²) in [5.41, 5.74) is -2.16. The number of aliphatic hydroxyl groups excluding tert-OH is 3. The van der Waals surface area contributed by atoms with Crippen LogP contribution in [0.2, 0.25) is 0 Å². The van der Waals surface area contributed by atoms with Crippen LogP contribution in [0.25, 0.3) is 0 Å². The maximum atomic E-state index is 14.7. The molecule has 0 aliphatic heterocycles. The van der Waals surface area contributed by atoms with Crippen molar-refractivity contribution in [3.8, 4) is 0 Å². The zero-order valence-electron chi connectivity index (χ0n) is 28.8. The predicted molar refractivity (Wildman–Crippen MR) is 175 cm³/mol. The van der Waals surface area contributed by atoms with Gasteiger partial charge < -0.3 is 30.2 Å². The second kappa shape index (κ2) is 10.9. The van der Waals surface area contributed by atoms with Gasteiger partial charge >= 0.3 is 5.97 Å². The van der Waals surface area contributed by atoms with Gasteiger partial charge in [-0.15, -0.1) is 0 Å². The Labute approximate surface area is 274 Å². The fraction of sp³-hybridized carbons (Fsp3) is 0.763. The molecule has 8 heteroatoms. The van der Waals surface area contributed by atoms with E-state index in [1.54, 1.807) is 25.2 Å². The van der Waals surface area contributed by atoms with E-state index >= 15 is 0 Å². The number of ketones is 1. The number of esters is 1. The van der Waals surface area contributed by atoms with Crippen LogP contribution in [0.1, 0.15) is 103 Å². The SMILES string of the molecule is CNc1cccc(C(=O)O[C@H]2C[C@]3(C)[C@@H](O)C[C@]4(C)[C@H](C(=O)CC5[C@@]6(C)CC[C@@H](O)[C@@](C)(CO)[C@H]6CC[C@]54C)[C@@H]3C[C@@]2(C)C=O)c1.